The van der Waals surface area contributed by atoms with Gasteiger partial charge in [0.15, 0.2) is 0 Å². The van der Waals surface area contributed by atoms with Gasteiger partial charge in [0, 0.05) is 34.4 Å². The molecule has 0 bridgehead atoms. The van der Waals surface area contributed by atoms with Crippen molar-refractivity contribution in [2.75, 3.05) is 13.2 Å². The summed E-state index contributed by atoms with van der Waals surface area (Å²) in [7, 11) is 0. The standard InChI is InChI=1S/C42H46O2/c1-5-9-11-13-15-17-31-43-41-33-40(30-28-38-25-21-36(8-4)22-26-38)42(44-32-18-16-14-12-10-6-2)34-39(41)29-27-37-23-19-35(7-3)20-24-37/h3-4,19-26,33-34H,5-6,9-18,31-32H2,1-2H3. The van der Waals surface area contributed by atoms with Crippen molar-refractivity contribution in [2.24, 2.45) is 0 Å². The van der Waals surface area contributed by atoms with Gasteiger partial charge >= 0.3 is 0 Å². The zero-order chi connectivity index (χ0) is 31.2. The van der Waals surface area contributed by atoms with Gasteiger partial charge in [0.05, 0.1) is 24.3 Å². The molecule has 0 amide bonds. The molecule has 2 heteroatoms. The monoisotopic (exact) mass is 582 g/mol. The first-order valence-electron chi connectivity index (χ1n) is 16.3. The average molecular weight is 583 g/mol. The Bertz CT molecular complexity index is 1370. The van der Waals surface area contributed by atoms with Crippen LogP contribution in [0.3, 0.4) is 0 Å². The van der Waals surface area contributed by atoms with Crippen molar-refractivity contribution in [3.05, 3.63) is 94.0 Å². The summed E-state index contributed by atoms with van der Waals surface area (Å²) in [6.07, 6.45) is 25.5. The molecule has 0 atom stereocenters. The van der Waals surface area contributed by atoms with Crippen LogP contribution in [0, 0.1) is 48.4 Å². The Labute approximate surface area is 267 Å². The third-order valence-electron chi connectivity index (χ3n) is 7.38. The van der Waals surface area contributed by atoms with Gasteiger partial charge in [-0.2, -0.15) is 0 Å². The molecule has 3 rings (SSSR count). The summed E-state index contributed by atoms with van der Waals surface area (Å²) in [4.78, 5) is 0. The largest absolute Gasteiger partial charge is 0.492 e. The highest BCUT2D eigenvalue weighted by Gasteiger charge is 2.11. The highest BCUT2D eigenvalue weighted by molar-refractivity contribution is 5.60. The Morgan fingerprint density at radius 3 is 1.16 bits per heavy atom. The Morgan fingerprint density at radius 1 is 0.455 bits per heavy atom. The van der Waals surface area contributed by atoms with Gasteiger partial charge in [0.2, 0.25) is 0 Å². The van der Waals surface area contributed by atoms with Crippen molar-refractivity contribution in [1.82, 2.24) is 0 Å². The SMILES string of the molecule is C#Cc1ccc(C#Cc2cc(OCCCCCCCC)c(C#Cc3ccc(C#C)cc3)cc2OCCCCCCCC)cc1. The molecule has 0 fully saturated rings. The van der Waals surface area contributed by atoms with E-state index in [1.165, 1.54) is 51.4 Å². The molecule has 0 radical (unpaired) electrons. The lowest BCUT2D eigenvalue weighted by atomic mass is 10.1. The summed E-state index contributed by atoms with van der Waals surface area (Å²) in [6.45, 7) is 5.75. The van der Waals surface area contributed by atoms with Gasteiger partial charge in [-0.05, 0) is 61.4 Å². The first-order valence-corrected chi connectivity index (χ1v) is 16.3. The predicted molar refractivity (Wildman–Crippen MR) is 185 cm³/mol. The third kappa shape index (κ3) is 12.4. The molecular formula is C42H46O2. The second kappa shape index (κ2) is 20.4. The van der Waals surface area contributed by atoms with Crippen LogP contribution >= 0.6 is 0 Å². The van der Waals surface area contributed by atoms with Crippen LogP contribution in [0.15, 0.2) is 60.7 Å². The van der Waals surface area contributed by atoms with Crippen LogP contribution in [0.2, 0.25) is 0 Å². The highest BCUT2D eigenvalue weighted by atomic mass is 16.5. The number of benzene rings is 3. The molecule has 226 valence electrons. The molecule has 0 aromatic heterocycles. The first kappa shape index (κ1) is 34.0. The Hall–Kier alpha value is -4.50. The van der Waals surface area contributed by atoms with Crippen LogP contribution in [-0.2, 0) is 0 Å². The van der Waals surface area contributed by atoms with Gasteiger partial charge in [0.1, 0.15) is 11.5 Å². The topological polar surface area (TPSA) is 18.5 Å². The maximum absolute atomic E-state index is 6.35. The minimum atomic E-state index is 0.635. The predicted octanol–water partition coefficient (Wildman–Crippen LogP) is 9.93. The van der Waals surface area contributed by atoms with E-state index < -0.39 is 0 Å². The van der Waals surface area contributed by atoms with E-state index in [1.807, 2.05) is 60.7 Å². The van der Waals surface area contributed by atoms with E-state index in [1.54, 1.807) is 0 Å². The molecule has 3 aromatic carbocycles. The summed E-state index contributed by atoms with van der Waals surface area (Å²) >= 11 is 0. The minimum Gasteiger partial charge on any atom is -0.492 e. The number of terminal acetylenes is 2. The van der Waals surface area contributed by atoms with Gasteiger partial charge in [-0.15, -0.1) is 12.8 Å². The van der Waals surface area contributed by atoms with Gasteiger partial charge in [0.25, 0.3) is 0 Å². The summed E-state index contributed by atoms with van der Waals surface area (Å²) in [6, 6.07) is 19.4. The Kier molecular flexibility index (Phi) is 15.8. The number of hydrogen-bond acceptors (Lipinski definition) is 2. The third-order valence-corrected chi connectivity index (χ3v) is 7.38. The maximum Gasteiger partial charge on any atom is 0.136 e. The van der Waals surface area contributed by atoms with Crippen LogP contribution in [-0.4, -0.2) is 13.2 Å². The Morgan fingerprint density at radius 2 is 0.795 bits per heavy atom. The number of ether oxygens (including phenoxy) is 2. The molecule has 0 saturated heterocycles. The summed E-state index contributed by atoms with van der Waals surface area (Å²) in [5.41, 5.74) is 5.03. The van der Waals surface area contributed by atoms with Crippen LogP contribution in [0.4, 0.5) is 0 Å². The molecular weight excluding hydrogens is 536 g/mol. The van der Waals surface area contributed by atoms with Gasteiger partial charge in [-0.1, -0.05) is 114 Å². The molecule has 0 aliphatic rings. The molecule has 3 aromatic rings. The average Bonchev–Trinajstić information content (AvgIpc) is 3.06. The van der Waals surface area contributed by atoms with Crippen LogP contribution in [0.1, 0.15) is 124 Å². The molecule has 44 heavy (non-hydrogen) atoms. The first-order chi connectivity index (χ1) is 21.7. The van der Waals surface area contributed by atoms with E-state index in [-0.39, 0.29) is 0 Å². The molecule has 2 nitrogen and oxygen atoms in total. The van der Waals surface area contributed by atoms with Crippen molar-refractivity contribution in [3.63, 3.8) is 0 Å². The summed E-state index contributed by atoms with van der Waals surface area (Å²) in [5, 5.41) is 0. The molecule has 0 saturated carbocycles. The molecule has 0 aliphatic heterocycles. The molecule has 0 heterocycles. The van der Waals surface area contributed by atoms with E-state index in [2.05, 4.69) is 49.4 Å². The van der Waals surface area contributed by atoms with Crippen LogP contribution in [0.5, 0.6) is 11.5 Å². The van der Waals surface area contributed by atoms with Crippen LogP contribution in [0.25, 0.3) is 0 Å². The zero-order valence-corrected chi connectivity index (χ0v) is 26.6. The smallest absolute Gasteiger partial charge is 0.136 e. The highest BCUT2D eigenvalue weighted by Crippen LogP contribution is 2.29. The van der Waals surface area contributed by atoms with Gasteiger partial charge in [-0.3, -0.25) is 0 Å². The van der Waals surface area contributed by atoms with Crippen molar-refractivity contribution < 1.29 is 9.47 Å². The second-order valence-corrected chi connectivity index (χ2v) is 11.0. The van der Waals surface area contributed by atoms with Gasteiger partial charge < -0.3 is 9.47 Å². The minimum absolute atomic E-state index is 0.635. The molecule has 0 aliphatic carbocycles. The van der Waals surface area contributed by atoms with Crippen molar-refractivity contribution in [2.45, 2.75) is 90.9 Å². The number of rotatable bonds is 16. The van der Waals surface area contributed by atoms with Gasteiger partial charge in [-0.25, -0.2) is 0 Å². The van der Waals surface area contributed by atoms with Crippen molar-refractivity contribution >= 4 is 0 Å². The quantitative estimate of drug-likeness (QED) is 0.124. The molecule has 0 unspecified atom stereocenters. The van der Waals surface area contributed by atoms with Crippen molar-refractivity contribution in [1.29, 1.82) is 0 Å². The van der Waals surface area contributed by atoms with Crippen molar-refractivity contribution in [3.8, 4) is 59.9 Å². The fourth-order valence-corrected chi connectivity index (χ4v) is 4.70. The fraction of sp³-hybridized carbons (Fsp3) is 0.381. The molecule has 0 spiro atoms. The summed E-state index contributed by atoms with van der Waals surface area (Å²) in [5.74, 6) is 20.0. The summed E-state index contributed by atoms with van der Waals surface area (Å²) < 4.78 is 12.7. The maximum atomic E-state index is 6.35. The molecule has 0 N–H and O–H groups in total. The van der Waals surface area contributed by atoms with Crippen LogP contribution < -0.4 is 9.47 Å². The van der Waals surface area contributed by atoms with E-state index in [4.69, 9.17) is 22.3 Å². The normalized spacial score (nSPS) is 10.0. The van der Waals surface area contributed by atoms with E-state index in [0.29, 0.717) is 13.2 Å². The second-order valence-electron chi connectivity index (χ2n) is 11.0. The number of hydrogen-bond donors (Lipinski definition) is 0. The van der Waals surface area contributed by atoms with E-state index in [0.717, 1.165) is 70.6 Å². The lowest BCUT2D eigenvalue weighted by Gasteiger charge is -2.14. The van der Waals surface area contributed by atoms with E-state index in [9.17, 15) is 0 Å². The lowest BCUT2D eigenvalue weighted by molar-refractivity contribution is 0.295. The fourth-order valence-electron chi connectivity index (χ4n) is 4.70. The Balaban J connectivity index is 1.90. The zero-order valence-electron chi connectivity index (χ0n) is 26.6. The lowest BCUT2D eigenvalue weighted by Crippen LogP contribution is -2.03. The van der Waals surface area contributed by atoms with E-state index >= 15 is 0 Å². The number of unbranched alkanes of at least 4 members (excludes halogenated alkanes) is 10.